The largest absolute Gasteiger partial charge is 0.309 e. The van der Waals surface area contributed by atoms with E-state index in [9.17, 15) is 0 Å². The van der Waals surface area contributed by atoms with Gasteiger partial charge in [-0.2, -0.15) is 0 Å². The van der Waals surface area contributed by atoms with Gasteiger partial charge in [-0.15, -0.1) is 0 Å². The zero-order chi connectivity index (χ0) is 34.3. The molecule has 1 aliphatic heterocycles. The van der Waals surface area contributed by atoms with Crippen LogP contribution in [0.1, 0.15) is 43.0 Å². The summed E-state index contributed by atoms with van der Waals surface area (Å²) in [4.78, 5) is 5.24. The van der Waals surface area contributed by atoms with Crippen LogP contribution in [-0.4, -0.2) is 26.9 Å². The molecular weight excluding hydrogens is 619 g/mol. The van der Waals surface area contributed by atoms with Crippen LogP contribution in [0.15, 0.2) is 169 Å². The first kappa shape index (κ1) is 29.8. The zero-order valence-corrected chi connectivity index (χ0v) is 29.1. The van der Waals surface area contributed by atoms with E-state index in [1.807, 2.05) is 0 Å². The standard InChI is InChI=1S/C48H38N3/c1-31-15-10-13-24-42(31)51-46(33-18-8-5-9-19-33)49-47(51)35-20-14-21-36(29-35)50-43-28-25-34(32-16-6-4-7-17-32)30-39(43)37-26-27-41-44(45(37)50)38-22-11-12-23-40(38)48(41,2)3/h4-31,42H,1-3H3/q+1. The molecular formula is C48H38N3+. The first-order chi connectivity index (χ1) is 25.0. The summed E-state index contributed by atoms with van der Waals surface area (Å²) in [6.07, 6.45) is 8.93. The van der Waals surface area contributed by atoms with Crippen molar-refractivity contribution >= 4 is 33.5 Å². The van der Waals surface area contributed by atoms with Crippen LogP contribution >= 0.6 is 0 Å². The molecule has 2 atom stereocenters. The van der Waals surface area contributed by atoms with Crippen LogP contribution in [0, 0.1) is 5.92 Å². The minimum Gasteiger partial charge on any atom is -0.309 e. The number of hydrogen-bond donors (Lipinski definition) is 0. The number of rotatable bonds is 5. The van der Waals surface area contributed by atoms with E-state index in [-0.39, 0.29) is 11.5 Å². The Kier molecular flexibility index (Phi) is 6.57. The van der Waals surface area contributed by atoms with Crippen LogP contribution in [0.4, 0.5) is 0 Å². The van der Waals surface area contributed by atoms with Crippen LogP contribution in [0.25, 0.3) is 49.7 Å². The maximum absolute atomic E-state index is 5.24. The summed E-state index contributed by atoms with van der Waals surface area (Å²) >= 11 is 0. The number of amidine groups is 2. The Morgan fingerprint density at radius 2 is 1.33 bits per heavy atom. The molecule has 0 fully saturated rings. The minimum atomic E-state index is -0.0953. The van der Waals surface area contributed by atoms with Crippen LogP contribution in [0.5, 0.6) is 0 Å². The number of aliphatic imine (C=N–C) groups is 1. The van der Waals surface area contributed by atoms with Crippen molar-refractivity contribution in [3.63, 3.8) is 0 Å². The Morgan fingerprint density at radius 1 is 0.608 bits per heavy atom. The van der Waals surface area contributed by atoms with Gasteiger partial charge in [0.25, 0.3) is 11.7 Å². The van der Waals surface area contributed by atoms with Crippen molar-refractivity contribution in [3.05, 3.63) is 186 Å². The van der Waals surface area contributed by atoms with Gasteiger partial charge < -0.3 is 4.57 Å². The second-order valence-electron chi connectivity index (χ2n) is 14.7. The highest BCUT2D eigenvalue weighted by Crippen LogP contribution is 2.53. The molecule has 3 aliphatic rings. The normalized spacial score (nSPS) is 18.5. The van der Waals surface area contributed by atoms with Gasteiger partial charge in [-0.25, -0.2) is 4.58 Å². The third-order valence-electron chi connectivity index (χ3n) is 11.3. The first-order valence-corrected chi connectivity index (χ1v) is 18.0. The number of allylic oxidation sites excluding steroid dienone is 2. The molecule has 0 N–H and O–H groups in total. The van der Waals surface area contributed by atoms with Gasteiger partial charge in [-0.3, -0.25) is 0 Å². The average Bonchev–Trinajstić information content (AvgIpc) is 3.61. The topological polar surface area (TPSA) is 20.3 Å². The third kappa shape index (κ3) is 4.44. The monoisotopic (exact) mass is 656 g/mol. The van der Waals surface area contributed by atoms with Crippen molar-refractivity contribution in [2.75, 3.05) is 0 Å². The molecule has 3 nitrogen and oxygen atoms in total. The smallest absolute Gasteiger partial charge is 0.274 e. The molecule has 7 aromatic rings. The first-order valence-electron chi connectivity index (χ1n) is 18.0. The fourth-order valence-corrected chi connectivity index (χ4v) is 8.72. The van der Waals surface area contributed by atoms with E-state index in [1.54, 1.807) is 0 Å². The summed E-state index contributed by atoms with van der Waals surface area (Å²) in [5.41, 5.74) is 13.6. The third-order valence-corrected chi connectivity index (χ3v) is 11.3. The quantitative estimate of drug-likeness (QED) is 0.164. The van der Waals surface area contributed by atoms with Gasteiger partial charge in [0.1, 0.15) is 6.04 Å². The minimum absolute atomic E-state index is 0.0953. The molecule has 2 aliphatic carbocycles. The SMILES string of the molecule is CC1C=CC=CC1[N+]1=C(c2cccc(-n3c4ccc(-c5ccccc5)cc4c4ccc5c(c43)-c3ccccc3C5(C)C)c2)N=C1c1ccccc1. The summed E-state index contributed by atoms with van der Waals surface area (Å²) in [6, 6.07) is 51.2. The Balaban J connectivity index is 1.22. The summed E-state index contributed by atoms with van der Waals surface area (Å²) in [7, 11) is 0. The van der Waals surface area contributed by atoms with Crippen molar-refractivity contribution in [3.8, 4) is 27.9 Å². The van der Waals surface area contributed by atoms with Gasteiger partial charge in [0, 0.05) is 33.4 Å². The van der Waals surface area contributed by atoms with E-state index in [4.69, 9.17) is 4.99 Å². The van der Waals surface area contributed by atoms with E-state index in [2.05, 4.69) is 194 Å². The molecule has 6 aromatic carbocycles. The van der Waals surface area contributed by atoms with Gasteiger partial charge in [-0.1, -0.05) is 141 Å². The van der Waals surface area contributed by atoms with Gasteiger partial charge in [-0.05, 0) is 76.4 Å². The Morgan fingerprint density at radius 3 is 2.14 bits per heavy atom. The lowest BCUT2D eigenvalue weighted by Crippen LogP contribution is -2.46. The van der Waals surface area contributed by atoms with Crippen molar-refractivity contribution < 1.29 is 4.58 Å². The molecule has 244 valence electrons. The predicted octanol–water partition coefficient (Wildman–Crippen LogP) is 11.1. The van der Waals surface area contributed by atoms with Crippen molar-refractivity contribution in [1.82, 2.24) is 4.57 Å². The lowest BCUT2D eigenvalue weighted by atomic mass is 9.82. The molecule has 0 spiro atoms. The molecule has 0 saturated carbocycles. The van der Waals surface area contributed by atoms with Crippen molar-refractivity contribution in [1.29, 1.82) is 0 Å². The number of fused-ring (bicyclic) bond motifs is 7. The molecule has 0 saturated heterocycles. The lowest BCUT2D eigenvalue weighted by Gasteiger charge is -2.29. The molecule has 2 heterocycles. The van der Waals surface area contributed by atoms with Gasteiger partial charge in [0.05, 0.1) is 22.2 Å². The highest BCUT2D eigenvalue weighted by atomic mass is 15.3. The van der Waals surface area contributed by atoms with Gasteiger partial charge in [0.2, 0.25) is 0 Å². The second kappa shape index (κ2) is 11.2. The summed E-state index contributed by atoms with van der Waals surface area (Å²) in [6.45, 7) is 7.02. The van der Waals surface area contributed by atoms with E-state index in [0.29, 0.717) is 5.92 Å². The van der Waals surface area contributed by atoms with Crippen LogP contribution in [0.2, 0.25) is 0 Å². The van der Waals surface area contributed by atoms with E-state index in [0.717, 1.165) is 28.5 Å². The van der Waals surface area contributed by atoms with E-state index < -0.39 is 0 Å². The molecule has 1 aromatic heterocycles. The number of benzene rings is 6. The van der Waals surface area contributed by atoms with Crippen molar-refractivity contribution in [2.45, 2.75) is 32.2 Å². The van der Waals surface area contributed by atoms with E-state index in [1.165, 1.54) is 55.2 Å². The Hall–Kier alpha value is -6.06. The second-order valence-corrected chi connectivity index (χ2v) is 14.7. The molecule has 0 bridgehead atoms. The van der Waals surface area contributed by atoms with Gasteiger partial charge in [0.15, 0.2) is 0 Å². The van der Waals surface area contributed by atoms with Crippen LogP contribution in [0.3, 0.4) is 0 Å². The molecule has 51 heavy (non-hydrogen) atoms. The summed E-state index contributed by atoms with van der Waals surface area (Å²) in [5.74, 6) is 2.38. The maximum atomic E-state index is 5.24. The number of nitrogens with zero attached hydrogens (tertiary/aromatic N) is 3. The van der Waals surface area contributed by atoms with Gasteiger partial charge >= 0.3 is 0 Å². The fourth-order valence-electron chi connectivity index (χ4n) is 8.72. The number of hydrogen-bond acceptors (Lipinski definition) is 1. The predicted molar refractivity (Wildman–Crippen MR) is 212 cm³/mol. The Bertz CT molecular complexity index is 2670. The summed E-state index contributed by atoms with van der Waals surface area (Å²) in [5, 5.41) is 2.53. The van der Waals surface area contributed by atoms with Crippen LogP contribution < -0.4 is 0 Å². The molecule has 0 radical (unpaired) electrons. The summed E-state index contributed by atoms with van der Waals surface area (Å²) < 4.78 is 4.95. The Labute approximate surface area is 298 Å². The average molecular weight is 657 g/mol. The molecule has 10 rings (SSSR count). The zero-order valence-electron chi connectivity index (χ0n) is 29.1. The van der Waals surface area contributed by atoms with Crippen molar-refractivity contribution in [2.24, 2.45) is 10.9 Å². The fraction of sp³-hybridized carbons (Fsp3) is 0.125. The van der Waals surface area contributed by atoms with Crippen LogP contribution in [-0.2, 0) is 5.41 Å². The highest BCUT2D eigenvalue weighted by molar-refractivity contribution is 6.17. The maximum Gasteiger partial charge on any atom is 0.274 e. The number of aromatic nitrogens is 1. The molecule has 2 unspecified atom stereocenters. The molecule has 3 heteroatoms. The lowest BCUT2D eigenvalue weighted by molar-refractivity contribution is -0.458. The van der Waals surface area contributed by atoms with E-state index >= 15 is 0 Å². The highest BCUT2D eigenvalue weighted by Gasteiger charge is 2.39. The molecule has 0 amide bonds.